The number of rotatable bonds is 9. The Hall–Kier alpha value is -2.34. The van der Waals surface area contributed by atoms with Gasteiger partial charge in [0, 0.05) is 17.1 Å². The number of aryl methyl sites for hydroxylation is 2. The number of halogens is 1. The van der Waals surface area contributed by atoms with E-state index in [4.69, 9.17) is 4.74 Å². The minimum absolute atomic E-state index is 0.0540. The summed E-state index contributed by atoms with van der Waals surface area (Å²) >= 11 is 3.46. The second-order valence-electron chi connectivity index (χ2n) is 7.70. The molecular weight excluding hydrogens is 444 g/mol. The molecule has 6 heteroatoms. The molecule has 0 saturated heterocycles. The number of amides is 2. The molecule has 0 fully saturated rings. The first-order valence-corrected chi connectivity index (χ1v) is 11.0. The standard InChI is InChI=1S/C24H31BrN2O3/c1-6-18(4)26-24(29)19(5)27(14-20-9-7-16(2)8-10-20)23(28)15-30-21-11-12-22(25)17(3)13-21/h7-13,18-19H,6,14-15H2,1-5H3,(H,26,29)/t18-,19-/m0/s1. The molecule has 30 heavy (non-hydrogen) atoms. The number of hydrogen-bond donors (Lipinski definition) is 1. The van der Waals surface area contributed by atoms with Crippen LogP contribution in [0.1, 0.15) is 43.9 Å². The van der Waals surface area contributed by atoms with Gasteiger partial charge in [-0.2, -0.15) is 0 Å². The van der Waals surface area contributed by atoms with Crippen molar-refractivity contribution in [3.63, 3.8) is 0 Å². The second-order valence-corrected chi connectivity index (χ2v) is 8.56. The lowest BCUT2D eigenvalue weighted by Gasteiger charge is -2.29. The van der Waals surface area contributed by atoms with Crippen LogP contribution in [-0.2, 0) is 16.1 Å². The number of ether oxygens (including phenoxy) is 1. The van der Waals surface area contributed by atoms with Crippen molar-refractivity contribution >= 4 is 27.7 Å². The van der Waals surface area contributed by atoms with E-state index in [-0.39, 0.29) is 24.5 Å². The number of carbonyl (C=O) groups is 2. The fourth-order valence-corrected chi connectivity index (χ4v) is 3.12. The van der Waals surface area contributed by atoms with Crippen molar-refractivity contribution in [1.82, 2.24) is 10.2 Å². The molecule has 0 heterocycles. The van der Waals surface area contributed by atoms with Gasteiger partial charge in [-0.15, -0.1) is 0 Å². The smallest absolute Gasteiger partial charge is 0.261 e. The predicted octanol–water partition coefficient (Wildman–Crippen LogP) is 4.78. The van der Waals surface area contributed by atoms with Crippen molar-refractivity contribution in [1.29, 1.82) is 0 Å². The molecule has 2 atom stereocenters. The molecule has 0 saturated carbocycles. The van der Waals surface area contributed by atoms with Gasteiger partial charge in [0.25, 0.3) is 5.91 Å². The Bertz CT molecular complexity index is 867. The van der Waals surface area contributed by atoms with E-state index in [1.54, 1.807) is 11.8 Å². The first-order chi connectivity index (χ1) is 14.2. The Labute approximate surface area is 187 Å². The maximum Gasteiger partial charge on any atom is 0.261 e. The van der Waals surface area contributed by atoms with E-state index in [2.05, 4.69) is 21.2 Å². The lowest BCUT2D eigenvalue weighted by atomic mass is 10.1. The largest absolute Gasteiger partial charge is 0.484 e. The van der Waals surface area contributed by atoms with E-state index in [9.17, 15) is 9.59 Å². The minimum atomic E-state index is -0.608. The lowest BCUT2D eigenvalue weighted by molar-refractivity contribution is -0.142. The highest BCUT2D eigenvalue weighted by molar-refractivity contribution is 9.10. The highest BCUT2D eigenvalue weighted by Crippen LogP contribution is 2.22. The molecule has 0 aliphatic heterocycles. The molecular formula is C24H31BrN2O3. The second kappa shape index (κ2) is 11.2. The molecule has 162 valence electrons. The van der Waals surface area contributed by atoms with Crippen LogP contribution in [0.25, 0.3) is 0 Å². The van der Waals surface area contributed by atoms with Crippen molar-refractivity contribution in [2.24, 2.45) is 0 Å². The maximum atomic E-state index is 13.1. The van der Waals surface area contributed by atoms with Gasteiger partial charge in [0.1, 0.15) is 11.8 Å². The van der Waals surface area contributed by atoms with Gasteiger partial charge in [0.15, 0.2) is 6.61 Å². The van der Waals surface area contributed by atoms with Crippen molar-refractivity contribution in [3.05, 3.63) is 63.6 Å². The molecule has 2 rings (SSSR count). The molecule has 1 N–H and O–H groups in total. The van der Waals surface area contributed by atoms with Crippen LogP contribution in [-0.4, -0.2) is 35.4 Å². The van der Waals surface area contributed by atoms with E-state index in [1.807, 2.05) is 70.2 Å². The van der Waals surface area contributed by atoms with E-state index in [0.717, 1.165) is 27.6 Å². The highest BCUT2D eigenvalue weighted by atomic mass is 79.9. The van der Waals surface area contributed by atoms with E-state index in [1.165, 1.54) is 0 Å². The zero-order valence-electron chi connectivity index (χ0n) is 18.4. The van der Waals surface area contributed by atoms with Crippen LogP contribution in [0.4, 0.5) is 0 Å². The Balaban J connectivity index is 2.15. The van der Waals surface area contributed by atoms with Gasteiger partial charge in [-0.1, -0.05) is 52.7 Å². The van der Waals surface area contributed by atoms with Gasteiger partial charge in [0.05, 0.1) is 0 Å². The number of nitrogens with one attached hydrogen (secondary N) is 1. The van der Waals surface area contributed by atoms with E-state index < -0.39 is 6.04 Å². The summed E-state index contributed by atoms with van der Waals surface area (Å²) in [5.74, 6) is 0.225. The van der Waals surface area contributed by atoms with E-state index in [0.29, 0.717) is 12.3 Å². The topological polar surface area (TPSA) is 58.6 Å². The summed E-state index contributed by atoms with van der Waals surface area (Å²) in [5.41, 5.74) is 3.14. The average Bonchev–Trinajstić information content (AvgIpc) is 2.73. The van der Waals surface area contributed by atoms with Crippen LogP contribution in [0.2, 0.25) is 0 Å². The zero-order chi connectivity index (χ0) is 22.3. The predicted molar refractivity (Wildman–Crippen MR) is 123 cm³/mol. The molecule has 0 aliphatic rings. The summed E-state index contributed by atoms with van der Waals surface area (Å²) in [6.45, 7) is 9.92. The van der Waals surface area contributed by atoms with Crippen LogP contribution in [0.15, 0.2) is 46.9 Å². The Morgan fingerprint density at radius 1 is 1.10 bits per heavy atom. The van der Waals surface area contributed by atoms with Crippen LogP contribution in [0, 0.1) is 13.8 Å². The number of benzene rings is 2. The van der Waals surface area contributed by atoms with Crippen LogP contribution >= 0.6 is 15.9 Å². The molecule has 0 unspecified atom stereocenters. The molecule has 5 nitrogen and oxygen atoms in total. The first-order valence-electron chi connectivity index (χ1n) is 10.3. The number of carbonyl (C=O) groups excluding carboxylic acids is 2. The monoisotopic (exact) mass is 474 g/mol. The SMILES string of the molecule is CC[C@H](C)NC(=O)[C@H](C)N(Cc1ccc(C)cc1)C(=O)COc1ccc(Br)c(C)c1. The van der Waals surface area contributed by atoms with Gasteiger partial charge in [-0.05, 0) is 63.4 Å². The van der Waals surface area contributed by atoms with Gasteiger partial charge >= 0.3 is 0 Å². The van der Waals surface area contributed by atoms with Gasteiger partial charge < -0.3 is 15.0 Å². The maximum absolute atomic E-state index is 13.1. The van der Waals surface area contributed by atoms with Gasteiger partial charge in [-0.3, -0.25) is 9.59 Å². The highest BCUT2D eigenvalue weighted by Gasteiger charge is 2.27. The molecule has 2 aromatic carbocycles. The molecule has 0 bridgehead atoms. The quantitative estimate of drug-likeness (QED) is 0.568. The fourth-order valence-electron chi connectivity index (χ4n) is 2.87. The molecule has 2 amide bonds. The molecule has 0 radical (unpaired) electrons. The molecule has 0 spiro atoms. The third-order valence-corrected chi connectivity index (χ3v) is 6.02. The van der Waals surface area contributed by atoms with E-state index >= 15 is 0 Å². The van der Waals surface area contributed by atoms with Crippen LogP contribution in [0.3, 0.4) is 0 Å². The number of nitrogens with zero attached hydrogens (tertiary/aromatic N) is 1. The summed E-state index contributed by atoms with van der Waals surface area (Å²) in [4.78, 5) is 27.3. The summed E-state index contributed by atoms with van der Waals surface area (Å²) in [6, 6.07) is 13.0. The Kier molecular flexibility index (Phi) is 8.90. The summed E-state index contributed by atoms with van der Waals surface area (Å²) in [7, 11) is 0. The zero-order valence-corrected chi connectivity index (χ0v) is 20.0. The fraction of sp³-hybridized carbons (Fsp3) is 0.417. The van der Waals surface area contributed by atoms with Crippen molar-refractivity contribution in [2.75, 3.05) is 6.61 Å². The van der Waals surface area contributed by atoms with Gasteiger partial charge in [-0.25, -0.2) is 0 Å². The van der Waals surface area contributed by atoms with Crippen LogP contribution < -0.4 is 10.1 Å². The van der Waals surface area contributed by atoms with Crippen molar-refractivity contribution in [2.45, 2.75) is 59.7 Å². The molecule has 0 aromatic heterocycles. The summed E-state index contributed by atoms with van der Waals surface area (Å²) in [5, 5.41) is 2.97. The molecule has 0 aliphatic carbocycles. The first kappa shape index (κ1) is 23.9. The Morgan fingerprint density at radius 2 is 1.77 bits per heavy atom. The van der Waals surface area contributed by atoms with Crippen LogP contribution in [0.5, 0.6) is 5.75 Å². The van der Waals surface area contributed by atoms with Crippen molar-refractivity contribution in [3.8, 4) is 5.75 Å². The Morgan fingerprint density at radius 3 is 2.37 bits per heavy atom. The number of hydrogen-bond acceptors (Lipinski definition) is 3. The third-order valence-electron chi connectivity index (χ3n) is 5.13. The lowest BCUT2D eigenvalue weighted by Crippen LogP contribution is -2.50. The van der Waals surface area contributed by atoms with Gasteiger partial charge in [0.2, 0.25) is 5.91 Å². The summed E-state index contributed by atoms with van der Waals surface area (Å²) in [6.07, 6.45) is 0.830. The molecule has 2 aromatic rings. The third kappa shape index (κ3) is 6.87. The van der Waals surface area contributed by atoms with Crippen molar-refractivity contribution < 1.29 is 14.3 Å². The summed E-state index contributed by atoms with van der Waals surface area (Å²) < 4.78 is 6.71. The minimum Gasteiger partial charge on any atom is -0.484 e. The normalized spacial score (nSPS) is 12.7. The average molecular weight is 475 g/mol.